The predicted octanol–water partition coefficient (Wildman–Crippen LogP) is 0.0635. The number of aliphatic carboxylic acids is 1. The lowest BCUT2D eigenvalue weighted by Crippen LogP contribution is -2.47. The fraction of sp³-hybridized carbons (Fsp3) is 0.750. The zero-order chi connectivity index (χ0) is 14.4. The van der Waals surface area contributed by atoms with Crippen molar-refractivity contribution in [2.24, 2.45) is 5.92 Å². The van der Waals surface area contributed by atoms with E-state index in [4.69, 9.17) is 5.11 Å². The molecule has 1 atom stereocenters. The molecular weight excluding hydrogens is 250 g/mol. The Labute approximate surface area is 112 Å². The van der Waals surface area contributed by atoms with Crippen LogP contribution in [0.4, 0.5) is 4.79 Å². The third-order valence-corrected chi connectivity index (χ3v) is 2.76. The van der Waals surface area contributed by atoms with Gasteiger partial charge in [0.25, 0.3) is 0 Å². The van der Waals surface area contributed by atoms with Crippen molar-refractivity contribution in [1.82, 2.24) is 16.0 Å². The minimum atomic E-state index is -0.935. The van der Waals surface area contributed by atoms with Crippen LogP contribution >= 0.6 is 0 Å². The molecule has 19 heavy (non-hydrogen) atoms. The average molecular weight is 271 g/mol. The summed E-state index contributed by atoms with van der Waals surface area (Å²) in [7, 11) is 0. The van der Waals surface area contributed by atoms with Crippen LogP contribution in [0.2, 0.25) is 0 Å². The van der Waals surface area contributed by atoms with Gasteiger partial charge in [0.2, 0.25) is 5.91 Å². The smallest absolute Gasteiger partial charge is 0.315 e. The van der Waals surface area contributed by atoms with Crippen LogP contribution in [-0.4, -0.2) is 41.6 Å². The highest BCUT2D eigenvalue weighted by Crippen LogP contribution is 2.33. The minimum absolute atomic E-state index is 0.0172. The molecule has 1 aliphatic carbocycles. The first-order valence-corrected chi connectivity index (χ1v) is 6.44. The van der Waals surface area contributed by atoms with Crippen LogP contribution in [-0.2, 0) is 9.59 Å². The maximum absolute atomic E-state index is 11.6. The summed E-state index contributed by atoms with van der Waals surface area (Å²) in [6.07, 6.45) is 1.79. The second kappa shape index (κ2) is 6.96. The molecule has 108 valence electrons. The van der Waals surface area contributed by atoms with Crippen molar-refractivity contribution in [1.29, 1.82) is 0 Å². The Morgan fingerprint density at radius 2 is 1.84 bits per heavy atom. The van der Waals surface area contributed by atoms with Crippen molar-refractivity contribution in [3.63, 3.8) is 0 Å². The van der Waals surface area contributed by atoms with Gasteiger partial charge < -0.3 is 21.1 Å². The maximum Gasteiger partial charge on any atom is 0.315 e. The number of carboxylic acid groups (broad SMARTS) is 1. The Bertz CT molecular complexity index is 353. The summed E-state index contributed by atoms with van der Waals surface area (Å²) in [5, 5.41) is 16.4. The van der Waals surface area contributed by atoms with Crippen LogP contribution < -0.4 is 16.0 Å². The Kier molecular flexibility index (Phi) is 5.59. The Hall–Kier alpha value is -1.79. The number of hydrogen-bond donors (Lipinski definition) is 4. The van der Waals surface area contributed by atoms with E-state index in [0.717, 1.165) is 12.8 Å². The van der Waals surface area contributed by atoms with Crippen molar-refractivity contribution in [2.45, 2.75) is 45.2 Å². The molecule has 1 fully saturated rings. The Morgan fingerprint density at radius 1 is 1.21 bits per heavy atom. The normalized spacial score (nSPS) is 15.7. The fourth-order valence-electron chi connectivity index (χ4n) is 1.78. The van der Waals surface area contributed by atoms with Gasteiger partial charge >= 0.3 is 12.0 Å². The summed E-state index contributed by atoms with van der Waals surface area (Å²) in [4.78, 5) is 33.6. The van der Waals surface area contributed by atoms with Crippen molar-refractivity contribution in [2.75, 3.05) is 6.54 Å². The topological polar surface area (TPSA) is 108 Å². The highest BCUT2D eigenvalue weighted by atomic mass is 16.4. The van der Waals surface area contributed by atoms with Crippen LogP contribution in [0, 0.1) is 5.92 Å². The highest BCUT2D eigenvalue weighted by molar-refractivity contribution is 5.84. The summed E-state index contributed by atoms with van der Waals surface area (Å²) < 4.78 is 0. The summed E-state index contributed by atoms with van der Waals surface area (Å²) in [6, 6.07) is -0.841. The molecule has 7 nitrogen and oxygen atoms in total. The SMILES string of the molecule is CC(C)NC(=O)CNC(=O)NC(CC(=O)O)C1CC1. The summed E-state index contributed by atoms with van der Waals surface area (Å²) in [5.74, 6) is -0.965. The number of amides is 3. The number of urea groups is 1. The van der Waals surface area contributed by atoms with Crippen LogP contribution in [0.25, 0.3) is 0 Å². The fourth-order valence-corrected chi connectivity index (χ4v) is 1.78. The summed E-state index contributed by atoms with van der Waals surface area (Å²) >= 11 is 0. The van der Waals surface area contributed by atoms with Gasteiger partial charge in [-0.3, -0.25) is 9.59 Å². The molecule has 4 N–H and O–H groups in total. The van der Waals surface area contributed by atoms with E-state index in [1.54, 1.807) is 0 Å². The molecule has 1 rings (SSSR count). The van der Waals surface area contributed by atoms with Gasteiger partial charge in [-0.2, -0.15) is 0 Å². The van der Waals surface area contributed by atoms with E-state index in [0.29, 0.717) is 0 Å². The highest BCUT2D eigenvalue weighted by Gasteiger charge is 2.33. The van der Waals surface area contributed by atoms with Crippen molar-refractivity contribution < 1.29 is 19.5 Å². The quantitative estimate of drug-likeness (QED) is 0.525. The molecule has 1 aliphatic rings. The largest absolute Gasteiger partial charge is 0.481 e. The number of carboxylic acids is 1. The van der Waals surface area contributed by atoms with Gasteiger partial charge in [-0.1, -0.05) is 0 Å². The van der Waals surface area contributed by atoms with E-state index in [-0.39, 0.29) is 36.9 Å². The van der Waals surface area contributed by atoms with E-state index in [2.05, 4.69) is 16.0 Å². The first-order chi connectivity index (χ1) is 8.88. The zero-order valence-electron chi connectivity index (χ0n) is 11.2. The number of nitrogens with one attached hydrogen (secondary N) is 3. The molecule has 1 unspecified atom stereocenters. The van der Waals surface area contributed by atoms with E-state index in [9.17, 15) is 14.4 Å². The minimum Gasteiger partial charge on any atom is -0.481 e. The molecule has 0 heterocycles. The first kappa shape index (κ1) is 15.3. The van der Waals surface area contributed by atoms with Gasteiger partial charge in [0.05, 0.1) is 13.0 Å². The van der Waals surface area contributed by atoms with Gasteiger partial charge in [0.1, 0.15) is 0 Å². The van der Waals surface area contributed by atoms with E-state index in [1.807, 2.05) is 13.8 Å². The van der Waals surface area contributed by atoms with Gasteiger partial charge in [0.15, 0.2) is 0 Å². The lowest BCUT2D eigenvalue weighted by Gasteiger charge is -2.17. The molecule has 7 heteroatoms. The first-order valence-electron chi connectivity index (χ1n) is 6.44. The second-order valence-electron chi connectivity index (χ2n) is 5.09. The standard InChI is InChI=1S/C12H21N3O4/c1-7(2)14-10(16)6-13-12(19)15-9(5-11(17)18)8-3-4-8/h7-9H,3-6H2,1-2H3,(H,14,16)(H,17,18)(H2,13,15,19). The number of carbonyl (C=O) groups excluding carboxylic acids is 2. The number of rotatable bonds is 7. The van der Waals surface area contributed by atoms with Gasteiger partial charge in [0, 0.05) is 12.1 Å². The van der Waals surface area contributed by atoms with Crippen LogP contribution in [0.15, 0.2) is 0 Å². The Morgan fingerprint density at radius 3 is 2.32 bits per heavy atom. The molecule has 0 aliphatic heterocycles. The number of carbonyl (C=O) groups is 3. The van der Waals surface area contributed by atoms with Crippen LogP contribution in [0.1, 0.15) is 33.1 Å². The maximum atomic E-state index is 11.6. The molecule has 0 spiro atoms. The molecule has 1 saturated carbocycles. The van der Waals surface area contributed by atoms with Crippen LogP contribution in [0.3, 0.4) is 0 Å². The predicted molar refractivity (Wildman–Crippen MR) is 68.6 cm³/mol. The lowest BCUT2D eigenvalue weighted by atomic mass is 10.1. The third-order valence-electron chi connectivity index (χ3n) is 2.76. The van der Waals surface area contributed by atoms with E-state index in [1.165, 1.54) is 0 Å². The van der Waals surface area contributed by atoms with Crippen molar-refractivity contribution >= 4 is 17.9 Å². The molecule has 0 radical (unpaired) electrons. The molecule has 0 aromatic carbocycles. The van der Waals surface area contributed by atoms with Crippen molar-refractivity contribution in [3.05, 3.63) is 0 Å². The van der Waals surface area contributed by atoms with Gasteiger partial charge in [-0.05, 0) is 32.6 Å². The van der Waals surface area contributed by atoms with Gasteiger partial charge in [-0.15, -0.1) is 0 Å². The summed E-state index contributed by atoms with van der Waals surface area (Å²) in [6.45, 7) is 3.54. The zero-order valence-corrected chi connectivity index (χ0v) is 11.2. The van der Waals surface area contributed by atoms with Crippen molar-refractivity contribution in [3.8, 4) is 0 Å². The van der Waals surface area contributed by atoms with Crippen LogP contribution in [0.5, 0.6) is 0 Å². The molecule has 0 saturated heterocycles. The molecule has 0 bridgehead atoms. The van der Waals surface area contributed by atoms with E-state index < -0.39 is 12.0 Å². The monoisotopic (exact) mass is 271 g/mol. The average Bonchev–Trinajstić information content (AvgIpc) is 3.07. The number of hydrogen-bond acceptors (Lipinski definition) is 3. The molecule has 3 amide bonds. The van der Waals surface area contributed by atoms with Gasteiger partial charge in [-0.25, -0.2) is 4.79 Å². The Balaban J connectivity index is 2.28. The molecular formula is C12H21N3O4. The lowest BCUT2D eigenvalue weighted by molar-refractivity contribution is -0.137. The molecule has 0 aromatic heterocycles. The second-order valence-corrected chi connectivity index (χ2v) is 5.09. The molecule has 0 aromatic rings. The third kappa shape index (κ3) is 6.64. The summed E-state index contributed by atoms with van der Waals surface area (Å²) in [5.41, 5.74) is 0. The van der Waals surface area contributed by atoms with E-state index >= 15 is 0 Å².